The molecule has 142 valence electrons. The van der Waals surface area contributed by atoms with Gasteiger partial charge in [0.05, 0.1) is 23.1 Å². The first-order valence-corrected chi connectivity index (χ1v) is 9.70. The Labute approximate surface area is 166 Å². The molecule has 1 fully saturated rings. The smallest absolute Gasteiger partial charge is 0.267 e. The molecule has 9 heteroatoms. The fourth-order valence-electron chi connectivity index (χ4n) is 2.70. The van der Waals surface area contributed by atoms with Gasteiger partial charge in [-0.2, -0.15) is 0 Å². The van der Waals surface area contributed by atoms with Gasteiger partial charge in [-0.1, -0.05) is 37.0 Å². The minimum absolute atomic E-state index is 0.0954. The predicted octanol–water partition coefficient (Wildman–Crippen LogP) is 2.02. The van der Waals surface area contributed by atoms with Crippen LogP contribution in [-0.4, -0.2) is 49.3 Å². The average molecular weight is 405 g/mol. The summed E-state index contributed by atoms with van der Waals surface area (Å²) in [6.45, 7) is 3.70. The summed E-state index contributed by atoms with van der Waals surface area (Å²) in [4.78, 5) is 31.8. The van der Waals surface area contributed by atoms with Crippen LogP contribution < -0.4 is 10.9 Å². The average Bonchev–Trinajstić information content (AvgIpc) is 2.90. The largest absolute Gasteiger partial charge is 0.394 e. The summed E-state index contributed by atoms with van der Waals surface area (Å²) in [5.41, 5.74) is 1.35. The molecule has 27 heavy (non-hydrogen) atoms. The zero-order valence-corrected chi connectivity index (χ0v) is 16.9. The lowest BCUT2D eigenvalue weighted by Crippen LogP contribution is -2.28. The fourth-order valence-corrected chi connectivity index (χ4v) is 3.86. The zero-order chi connectivity index (χ0) is 19.7. The third-order valence-electron chi connectivity index (χ3n) is 4.40. The van der Waals surface area contributed by atoms with E-state index in [0.717, 1.165) is 17.3 Å². The van der Waals surface area contributed by atoms with Crippen LogP contribution in [0.3, 0.4) is 0 Å². The lowest BCUT2D eigenvalue weighted by molar-refractivity contribution is -0.121. The van der Waals surface area contributed by atoms with Gasteiger partial charge in [-0.25, -0.2) is 4.98 Å². The fraction of sp³-hybridized carbons (Fsp3) is 0.333. The number of likely N-dealkylation sites (N-methyl/N-ethyl adjacent to an activating group) is 1. The molecule has 1 amide bonds. The molecule has 0 radical (unpaired) electrons. The van der Waals surface area contributed by atoms with Gasteiger partial charge in [0.25, 0.3) is 11.5 Å². The normalized spacial score (nSPS) is 17.2. The van der Waals surface area contributed by atoms with Crippen molar-refractivity contribution < 1.29 is 9.90 Å². The third kappa shape index (κ3) is 3.62. The maximum atomic E-state index is 13.1. The number of aryl methyl sites for hydroxylation is 1. The van der Waals surface area contributed by atoms with Gasteiger partial charge >= 0.3 is 0 Å². The Morgan fingerprint density at radius 1 is 1.44 bits per heavy atom. The Morgan fingerprint density at radius 3 is 2.78 bits per heavy atom. The van der Waals surface area contributed by atoms with E-state index in [1.54, 1.807) is 19.3 Å². The van der Waals surface area contributed by atoms with Crippen LogP contribution in [0.1, 0.15) is 24.5 Å². The highest BCUT2D eigenvalue weighted by molar-refractivity contribution is 8.26. The van der Waals surface area contributed by atoms with Crippen LogP contribution in [0.5, 0.6) is 0 Å². The minimum atomic E-state index is -0.291. The Kier molecular flexibility index (Phi) is 5.64. The Morgan fingerprint density at radius 2 is 2.19 bits per heavy atom. The van der Waals surface area contributed by atoms with Crippen LogP contribution in [0.2, 0.25) is 0 Å². The molecule has 0 aliphatic carbocycles. The van der Waals surface area contributed by atoms with Crippen LogP contribution >= 0.6 is 24.0 Å². The van der Waals surface area contributed by atoms with Crippen molar-refractivity contribution in [2.24, 2.45) is 0 Å². The first kappa shape index (κ1) is 19.5. The molecular formula is C18H20N4O3S2. The number of thioether (sulfide) groups is 1. The summed E-state index contributed by atoms with van der Waals surface area (Å²) in [5.74, 6) is 0.0930. The number of hydrogen-bond acceptors (Lipinski definition) is 7. The highest BCUT2D eigenvalue weighted by Gasteiger charge is 2.29. The molecule has 0 saturated carbocycles. The van der Waals surface area contributed by atoms with Crippen LogP contribution in [0.15, 0.2) is 28.0 Å². The number of amides is 1. The first-order valence-electron chi connectivity index (χ1n) is 8.48. The van der Waals surface area contributed by atoms with E-state index in [1.807, 2.05) is 19.9 Å². The van der Waals surface area contributed by atoms with Gasteiger partial charge in [-0.05, 0) is 31.1 Å². The van der Waals surface area contributed by atoms with E-state index in [-0.39, 0.29) is 29.7 Å². The SMILES string of the molecule is CC[C@@H](CO)Nc1nc2c(C)cccn2c(=O)c1/C=C1/SC(=S)N(C)C1=O. The molecule has 3 heterocycles. The van der Waals surface area contributed by atoms with E-state index in [2.05, 4.69) is 10.3 Å². The number of hydrogen-bond donors (Lipinski definition) is 2. The Hall–Kier alpha value is -2.23. The van der Waals surface area contributed by atoms with Gasteiger partial charge in [-0.3, -0.25) is 18.9 Å². The van der Waals surface area contributed by atoms with Crippen molar-refractivity contribution in [2.75, 3.05) is 19.0 Å². The molecule has 2 aromatic rings. The van der Waals surface area contributed by atoms with E-state index >= 15 is 0 Å². The standard InChI is InChI=1S/C18H20N4O3S2/c1-4-11(9-23)19-14-12(8-13-17(25)21(3)18(26)27-13)16(24)22-7-5-6-10(2)15(22)20-14/h5-8,11,19,23H,4,9H2,1-3H3/b13-8+/t11-/m0/s1. The van der Waals surface area contributed by atoms with E-state index in [1.165, 1.54) is 15.4 Å². The minimum Gasteiger partial charge on any atom is -0.394 e. The molecule has 0 spiro atoms. The maximum absolute atomic E-state index is 13.1. The van der Waals surface area contributed by atoms with Crippen molar-refractivity contribution in [1.82, 2.24) is 14.3 Å². The molecule has 1 atom stereocenters. The number of aliphatic hydroxyl groups excluding tert-OH is 1. The predicted molar refractivity (Wildman–Crippen MR) is 112 cm³/mol. The highest BCUT2D eigenvalue weighted by atomic mass is 32.2. The number of carbonyl (C=O) groups is 1. The van der Waals surface area contributed by atoms with Crippen LogP contribution in [0.25, 0.3) is 11.7 Å². The summed E-state index contributed by atoms with van der Waals surface area (Å²) >= 11 is 6.31. The number of fused-ring (bicyclic) bond motifs is 1. The second-order valence-corrected chi connectivity index (χ2v) is 7.91. The van der Waals surface area contributed by atoms with Gasteiger partial charge in [0.2, 0.25) is 0 Å². The topological polar surface area (TPSA) is 86.9 Å². The summed E-state index contributed by atoms with van der Waals surface area (Å²) in [5, 5.41) is 12.7. The third-order valence-corrected chi connectivity index (χ3v) is 5.89. The monoisotopic (exact) mass is 404 g/mol. The molecule has 7 nitrogen and oxygen atoms in total. The molecule has 1 aliphatic heterocycles. The quantitative estimate of drug-likeness (QED) is 0.582. The lowest BCUT2D eigenvalue weighted by Gasteiger charge is -2.17. The highest BCUT2D eigenvalue weighted by Crippen LogP contribution is 2.32. The molecule has 1 aliphatic rings. The van der Waals surface area contributed by atoms with Gasteiger partial charge in [0, 0.05) is 13.2 Å². The molecule has 1 saturated heterocycles. The van der Waals surface area contributed by atoms with Crippen molar-refractivity contribution in [3.05, 3.63) is 44.7 Å². The van der Waals surface area contributed by atoms with Crippen molar-refractivity contribution in [3.8, 4) is 0 Å². The molecule has 3 rings (SSSR count). The van der Waals surface area contributed by atoms with Gasteiger partial charge < -0.3 is 10.4 Å². The van der Waals surface area contributed by atoms with Gasteiger partial charge in [-0.15, -0.1) is 0 Å². The number of nitrogens with zero attached hydrogens (tertiary/aromatic N) is 3. The molecule has 0 bridgehead atoms. The van der Waals surface area contributed by atoms with Crippen LogP contribution in [-0.2, 0) is 4.79 Å². The summed E-state index contributed by atoms with van der Waals surface area (Å²) < 4.78 is 1.89. The van der Waals surface area contributed by atoms with Crippen molar-refractivity contribution in [3.63, 3.8) is 0 Å². The van der Waals surface area contributed by atoms with Crippen molar-refractivity contribution >= 4 is 51.7 Å². The molecule has 2 N–H and O–H groups in total. The number of thiocarbonyl (C=S) groups is 1. The molecule has 0 unspecified atom stereocenters. The Bertz CT molecular complexity index is 1010. The number of rotatable bonds is 5. The Balaban J connectivity index is 2.23. The first-order chi connectivity index (χ1) is 12.9. The second kappa shape index (κ2) is 7.79. The van der Waals surface area contributed by atoms with E-state index in [9.17, 15) is 14.7 Å². The molecule has 2 aromatic heterocycles. The summed E-state index contributed by atoms with van der Waals surface area (Å²) in [6, 6.07) is 3.39. The zero-order valence-electron chi connectivity index (χ0n) is 15.2. The van der Waals surface area contributed by atoms with E-state index in [4.69, 9.17) is 12.2 Å². The van der Waals surface area contributed by atoms with Gasteiger partial charge in [0.15, 0.2) is 0 Å². The van der Waals surface area contributed by atoms with Crippen LogP contribution in [0, 0.1) is 6.92 Å². The maximum Gasteiger partial charge on any atom is 0.267 e. The number of carbonyl (C=O) groups excluding carboxylic acids is 1. The lowest BCUT2D eigenvalue weighted by atomic mass is 10.2. The number of aliphatic hydroxyl groups is 1. The number of anilines is 1. The molecular weight excluding hydrogens is 384 g/mol. The second-order valence-electron chi connectivity index (χ2n) is 6.24. The molecule has 0 aromatic carbocycles. The van der Waals surface area contributed by atoms with Crippen molar-refractivity contribution in [1.29, 1.82) is 0 Å². The van der Waals surface area contributed by atoms with Crippen LogP contribution in [0.4, 0.5) is 5.82 Å². The summed E-state index contributed by atoms with van der Waals surface area (Å²) in [6.07, 6.45) is 3.83. The van der Waals surface area contributed by atoms with Crippen molar-refractivity contribution in [2.45, 2.75) is 26.3 Å². The number of aromatic nitrogens is 2. The summed E-state index contributed by atoms with van der Waals surface area (Å²) in [7, 11) is 1.60. The number of nitrogens with one attached hydrogen (secondary N) is 1. The van der Waals surface area contributed by atoms with E-state index in [0.29, 0.717) is 27.1 Å². The van der Waals surface area contributed by atoms with E-state index < -0.39 is 0 Å². The number of pyridine rings is 1. The van der Waals surface area contributed by atoms with Gasteiger partial charge in [0.1, 0.15) is 15.8 Å².